The standard InChI is InChI=1S/C28H27N3O.ClH/c1-20(30-28(32)23-11-8-17-29-19-23)31-18-7-6-14-26(31)27-24-12-4-2-9-21(24)15-16-22-10-3-5-13-25(22)27;/h2-5,8-13,15-17,19-20H,6-7,14,18H2,1H3,(H,30,32);1H. The van der Waals surface area contributed by atoms with Gasteiger partial charge in [-0.1, -0.05) is 60.7 Å². The molecule has 0 saturated carbocycles. The smallest absolute Gasteiger partial charge is 0.254 e. The number of carbonyl (C=O) groups is 1. The molecule has 2 aliphatic rings. The van der Waals surface area contributed by atoms with E-state index in [-0.39, 0.29) is 24.5 Å². The third-order valence-corrected chi connectivity index (χ3v) is 6.33. The zero-order valence-electron chi connectivity index (χ0n) is 18.7. The number of allylic oxidation sites excluding steroid dienone is 1. The van der Waals surface area contributed by atoms with Gasteiger partial charge in [0, 0.05) is 30.2 Å². The Morgan fingerprint density at radius 3 is 2.24 bits per heavy atom. The third-order valence-electron chi connectivity index (χ3n) is 6.33. The van der Waals surface area contributed by atoms with Crippen molar-refractivity contribution in [3.8, 4) is 0 Å². The van der Waals surface area contributed by atoms with Gasteiger partial charge in [0.15, 0.2) is 0 Å². The van der Waals surface area contributed by atoms with Crippen molar-refractivity contribution in [1.29, 1.82) is 0 Å². The number of amides is 1. The lowest BCUT2D eigenvalue weighted by Crippen LogP contribution is -2.47. The van der Waals surface area contributed by atoms with E-state index in [1.54, 1.807) is 24.5 Å². The lowest BCUT2D eigenvalue weighted by Gasteiger charge is -2.39. The number of rotatable bonds is 3. The lowest BCUT2D eigenvalue weighted by molar-refractivity contribution is 0.0880. The number of carbonyl (C=O) groups excluding carboxylic acids is 1. The minimum absolute atomic E-state index is 0. The minimum atomic E-state index is -0.124. The van der Waals surface area contributed by atoms with Gasteiger partial charge in [0.05, 0.1) is 11.7 Å². The summed E-state index contributed by atoms with van der Waals surface area (Å²) < 4.78 is 0. The van der Waals surface area contributed by atoms with E-state index in [0.717, 1.165) is 25.8 Å². The average molecular weight is 458 g/mol. The van der Waals surface area contributed by atoms with Crippen LogP contribution in [0.2, 0.25) is 0 Å². The van der Waals surface area contributed by atoms with Gasteiger partial charge in [-0.15, -0.1) is 12.4 Å². The molecule has 5 heteroatoms. The van der Waals surface area contributed by atoms with Crippen molar-refractivity contribution >= 4 is 36.0 Å². The van der Waals surface area contributed by atoms with Crippen LogP contribution in [-0.2, 0) is 0 Å². The summed E-state index contributed by atoms with van der Waals surface area (Å²) in [6.45, 7) is 3.00. The van der Waals surface area contributed by atoms with Crippen LogP contribution in [0.5, 0.6) is 0 Å². The van der Waals surface area contributed by atoms with Gasteiger partial charge in [-0.25, -0.2) is 0 Å². The molecule has 1 N–H and O–H groups in total. The highest BCUT2D eigenvalue weighted by Gasteiger charge is 2.27. The Balaban J connectivity index is 0.00000259. The molecule has 1 unspecified atom stereocenters. The summed E-state index contributed by atoms with van der Waals surface area (Å²) in [6.07, 6.45) is 10.8. The quantitative estimate of drug-likeness (QED) is 0.410. The fraction of sp³-hybridized carbons (Fsp3) is 0.214. The number of benzene rings is 2. The first-order valence-electron chi connectivity index (χ1n) is 11.3. The van der Waals surface area contributed by atoms with E-state index in [1.807, 2.05) is 0 Å². The molecule has 1 amide bonds. The summed E-state index contributed by atoms with van der Waals surface area (Å²) in [7, 11) is 0. The first-order valence-corrected chi connectivity index (χ1v) is 11.3. The maximum absolute atomic E-state index is 12.8. The predicted octanol–water partition coefficient (Wildman–Crippen LogP) is 6.01. The molecule has 1 fully saturated rings. The molecular formula is C28H28ClN3O. The van der Waals surface area contributed by atoms with Gasteiger partial charge in [0.2, 0.25) is 0 Å². The van der Waals surface area contributed by atoms with E-state index in [9.17, 15) is 4.79 Å². The molecule has 33 heavy (non-hydrogen) atoms. The second-order valence-electron chi connectivity index (χ2n) is 8.37. The summed E-state index contributed by atoms with van der Waals surface area (Å²) in [5, 5.41) is 3.20. The Morgan fingerprint density at radius 1 is 0.939 bits per heavy atom. The summed E-state index contributed by atoms with van der Waals surface area (Å²) in [6, 6.07) is 20.8. The summed E-state index contributed by atoms with van der Waals surface area (Å²) in [5.41, 5.74) is 8.12. The highest BCUT2D eigenvalue weighted by atomic mass is 35.5. The second-order valence-corrected chi connectivity index (χ2v) is 8.37. The molecular weight excluding hydrogens is 430 g/mol. The third kappa shape index (κ3) is 4.57. The van der Waals surface area contributed by atoms with Crippen molar-refractivity contribution in [3.05, 3.63) is 107 Å². The topological polar surface area (TPSA) is 45.2 Å². The number of aromatic nitrogens is 1. The van der Waals surface area contributed by atoms with Crippen LogP contribution in [0.15, 0.2) is 78.8 Å². The zero-order chi connectivity index (χ0) is 21.9. The SMILES string of the molecule is CC(NC(=O)c1cccnc1)N1CCCCC1=C1c2ccccc2C=Cc2ccccc21.Cl. The van der Waals surface area contributed by atoms with Crippen LogP contribution >= 0.6 is 12.4 Å². The zero-order valence-corrected chi connectivity index (χ0v) is 19.5. The Hall–Kier alpha value is -3.37. The molecule has 168 valence electrons. The molecule has 1 saturated heterocycles. The van der Waals surface area contributed by atoms with E-state index in [1.165, 1.54) is 33.5 Å². The molecule has 3 aromatic rings. The van der Waals surface area contributed by atoms with E-state index < -0.39 is 0 Å². The molecule has 0 spiro atoms. The van der Waals surface area contributed by atoms with Crippen molar-refractivity contribution in [2.75, 3.05) is 6.54 Å². The summed E-state index contributed by atoms with van der Waals surface area (Å²) >= 11 is 0. The Kier molecular flexibility index (Phi) is 6.95. The Morgan fingerprint density at radius 2 is 1.61 bits per heavy atom. The van der Waals surface area contributed by atoms with Crippen LogP contribution in [0.1, 0.15) is 58.8 Å². The molecule has 1 aromatic heterocycles. The number of nitrogens with zero attached hydrogens (tertiary/aromatic N) is 2. The Labute approximate surface area is 201 Å². The van der Waals surface area contributed by atoms with Crippen molar-refractivity contribution in [2.24, 2.45) is 0 Å². The van der Waals surface area contributed by atoms with Crippen molar-refractivity contribution in [3.63, 3.8) is 0 Å². The molecule has 2 heterocycles. The number of halogens is 1. The fourth-order valence-corrected chi connectivity index (χ4v) is 4.77. The molecule has 5 rings (SSSR count). The molecule has 1 aliphatic carbocycles. The largest absolute Gasteiger partial charge is 0.354 e. The van der Waals surface area contributed by atoms with Crippen LogP contribution in [0.3, 0.4) is 0 Å². The van der Waals surface area contributed by atoms with Gasteiger partial charge in [-0.05, 0) is 60.6 Å². The first kappa shape index (κ1) is 22.8. The molecule has 0 radical (unpaired) electrons. The van der Waals surface area contributed by atoms with Crippen LogP contribution in [0.4, 0.5) is 0 Å². The van der Waals surface area contributed by atoms with Crippen LogP contribution in [-0.4, -0.2) is 28.5 Å². The van der Waals surface area contributed by atoms with Gasteiger partial charge >= 0.3 is 0 Å². The number of hydrogen-bond donors (Lipinski definition) is 1. The average Bonchev–Trinajstić information content (AvgIpc) is 3.01. The van der Waals surface area contributed by atoms with Crippen molar-refractivity contribution in [1.82, 2.24) is 15.2 Å². The van der Waals surface area contributed by atoms with Crippen molar-refractivity contribution in [2.45, 2.75) is 32.4 Å². The van der Waals surface area contributed by atoms with Crippen LogP contribution in [0.25, 0.3) is 17.7 Å². The van der Waals surface area contributed by atoms with Gasteiger partial charge in [-0.3, -0.25) is 9.78 Å². The second kappa shape index (κ2) is 10.1. The van der Waals surface area contributed by atoms with E-state index >= 15 is 0 Å². The first-order chi connectivity index (χ1) is 15.7. The van der Waals surface area contributed by atoms with Crippen LogP contribution in [0, 0.1) is 0 Å². The van der Waals surface area contributed by atoms with Crippen molar-refractivity contribution < 1.29 is 4.79 Å². The summed E-state index contributed by atoms with van der Waals surface area (Å²) in [5.74, 6) is -0.0937. The number of fused-ring (bicyclic) bond motifs is 2. The molecule has 1 atom stereocenters. The number of hydrogen-bond acceptors (Lipinski definition) is 3. The Bertz CT molecular complexity index is 1150. The normalized spacial score (nSPS) is 15.6. The maximum Gasteiger partial charge on any atom is 0.254 e. The monoisotopic (exact) mass is 457 g/mol. The fourth-order valence-electron chi connectivity index (χ4n) is 4.77. The molecule has 4 nitrogen and oxygen atoms in total. The van der Waals surface area contributed by atoms with E-state index in [2.05, 4.69) is 82.8 Å². The number of pyridine rings is 1. The van der Waals surface area contributed by atoms with Crippen LogP contribution < -0.4 is 5.32 Å². The molecule has 2 aromatic carbocycles. The molecule has 0 bridgehead atoms. The minimum Gasteiger partial charge on any atom is -0.354 e. The van der Waals surface area contributed by atoms with E-state index in [0.29, 0.717) is 5.56 Å². The lowest BCUT2D eigenvalue weighted by atomic mass is 9.88. The highest BCUT2D eigenvalue weighted by Crippen LogP contribution is 2.39. The van der Waals surface area contributed by atoms with Gasteiger partial charge in [0.1, 0.15) is 0 Å². The number of nitrogens with one attached hydrogen (secondary N) is 1. The van der Waals surface area contributed by atoms with Gasteiger partial charge in [0.25, 0.3) is 5.91 Å². The number of piperidine rings is 1. The predicted molar refractivity (Wildman–Crippen MR) is 137 cm³/mol. The highest BCUT2D eigenvalue weighted by molar-refractivity contribution is 5.95. The summed E-state index contributed by atoms with van der Waals surface area (Å²) in [4.78, 5) is 19.3. The number of likely N-dealkylation sites (tertiary alicyclic amines) is 1. The van der Waals surface area contributed by atoms with E-state index in [4.69, 9.17) is 0 Å². The van der Waals surface area contributed by atoms with Gasteiger partial charge in [-0.2, -0.15) is 0 Å². The van der Waals surface area contributed by atoms with Gasteiger partial charge < -0.3 is 10.2 Å². The molecule has 1 aliphatic heterocycles. The maximum atomic E-state index is 12.8.